The fourth-order valence-electron chi connectivity index (χ4n) is 2.88. The van der Waals surface area contributed by atoms with Gasteiger partial charge in [-0.25, -0.2) is 0 Å². The van der Waals surface area contributed by atoms with E-state index in [0.717, 1.165) is 11.1 Å². The summed E-state index contributed by atoms with van der Waals surface area (Å²) in [5.74, 6) is 0.746. The van der Waals surface area contributed by atoms with Crippen molar-refractivity contribution in [2.24, 2.45) is 0 Å². The van der Waals surface area contributed by atoms with Crippen LogP contribution in [0.4, 0.5) is 0 Å². The zero-order chi connectivity index (χ0) is 15.4. The predicted octanol–water partition coefficient (Wildman–Crippen LogP) is 3.56. The van der Waals surface area contributed by atoms with Gasteiger partial charge < -0.3 is 10.1 Å². The first-order valence-corrected chi connectivity index (χ1v) is 7.42. The first kappa shape index (κ1) is 14.4. The number of benzene rings is 2. The Labute approximate surface area is 130 Å². The van der Waals surface area contributed by atoms with Crippen LogP contribution in [0.3, 0.4) is 0 Å². The number of methoxy groups -OCH3 is 1. The minimum atomic E-state index is -0.0938. The zero-order valence-corrected chi connectivity index (χ0v) is 12.5. The molecule has 1 aliphatic rings. The fourth-order valence-corrected chi connectivity index (χ4v) is 2.88. The van der Waals surface area contributed by atoms with Crippen molar-refractivity contribution in [3.05, 3.63) is 83.6 Å². The number of carbonyl (C=O) groups excluding carboxylic acids is 1. The molecule has 3 heteroatoms. The summed E-state index contributed by atoms with van der Waals surface area (Å²) < 4.78 is 5.38. The minimum absolute atomic E-state index is 0.0135. The fraction of sp³-hybridized carbons (Fsp3) is 0.211. The monoisotopic (exact) mass is 293 g/mol. The van der Waals surface area contributed by atoms with Crippen molar-refractivity contribution in [3.8, 4) is 0 Å². The summed E-state index contributed by atoms with van der Waals surface area (Å²) in [6, 6.07) is 20.2. The Bertz CT molecular complexity index is 664. The van der Waals surface area contributed by atoms with Crippen molar-refractivity contribution in [3.63, 3.8) is 0 Å². The first-order chi connectivity index (χ1) is 10.8. The van der Waals surface area contributed by atoms with Crippen molar-refractivity contribution in [1.82, 2.24) is 5.32 Å². The highest BCUT2D eigenvalue weighted by molar-refractivity contribution is 5.79. The van der Waals surface area contributed by atoms with Crippen LogP contribution >= 0.6 is 0 Å². The van der Waals surface area contributed by atoms with Gasteiger partial charge in [0.2, 0.25) is 5.91 Å². The second-order valence-electron chi connectivity index (χ2n) is 5.41. The Morgan fingerprint density at radius 2 is 1.55 bits per heavy atom. The number of hydrogen-bond acceptors (Lipinski definition) is 2. The third-order valence-corrected chi connectivity index (χ3v) is 3.98. The largest absolute Gasteiger partial charge is 0.501 e. The smallest absolute Gasteiger partial charge is 0.228 e. The molecule has 0 saturated heterocycles. The maximum Gasteiger partial charge on any atom is 0.228 e. The van der Waals surface area contributed by atoms with Crippen LogP contribution in [0.5, 0.6) is 0 Å². The Morgan fingerprint density at radius 1 is 0.955 bits per heavy atom. The molecule has 1 N–H and O–H groups in total. The van der Waals surface area contributed by atoms with Gasteiger partial charge in [0, 0.05) is 5.92 Å². The lowest BCUT2D eigenvalue weighted by atomic mass is 9.87. The molecule has 0 aromatic heterocycles. The van der Waals surface area contributed by atoms with Crippen LogP contribution in [0.15, 0.2) is 72.5 Å². The molecule has 3 nitrogen and oxygen atoms in total. The van der Waals surface area contributed by atoms with E-state index in [1.807, 2.05) is 48.5 Å². The molecular weight excluding hydrogens is 274 g/mol. The van der Waals surface area contributed by atoms with E-state index < -0.39 is 0 Å². The Hall–Kier alpha value is -2.55. The molecule has 2 aromatic carbocycles. The van der Waals surface area contributed by atoms with Crippen LogP contribution in [-0.2, 0) is 9.53 Å². The maximum absolute atomic E-state index is 12.2. The highest BCUT2D eigenvalue weighted by Crippen LogP contribution is 2.35. The number of rotatable bonds is 3. The van der Waals surface area contributed by atoms with Crippen molar-refractivity contribution >= 4 is 5.91 Å². The van der Waals surface area contributed by atoms with Gasteiger partial charge in [-0.3, -0.25) is 4.79 Å². The van der Waals surface area contributed by atoms with E-state index in [2.05, 4.69) is 23.5 Å². The molecule has 22 heavy (non-hydrogen) atoms. The molecule has 0 fully saturated rings. The van der Waals surface area contributed by atoms with Crippen LogP contribution < -0.4 is 5.32 Å². The SMILES string of the molecule is COC1=C[C@@H](c2ccccc2)[C@@H](c2ccccc2)NC(=O)C1. The van der Waals surface area contributed by atoms with Crippen LogP contribution in [0.25, 0.3) is 0 Å². The molecule has 0 bridgehead atoms. The molecular formula is C19H19NO2. The van der Waals surface area contributed by atoms with E-state index in [4.69, 9.17) is 4.74 Å². The average Bonchev–Trinajstić information content (AvgIpc) is 2.75. The molecule has 3 rings (SSSR count). The van der Waals surface area contributed by atoms with Crippen molar-refractivity contribution in [2.45, 2.75) is 18.4 Å². The van der Waals surface area contributed by atoms with Gasteiger partial charge in [0.15, 0.2) is 0 Å². The highest BCUT2D eigenvalue weighted by atomic mass is 16.5. The van der Waals surface area contributed by atoms with E-state index in [9.17, 15) is 4.79 Å². The number of nitrogens with one attached hydrogen (secondary N) is 1. The minimum Gasteiger partial charge on any atom is -0.501 e. The topological polar surface area (TPSA) is 38.3 Å². The molecule has 0 unspecified atom stereocenters. The quantitative estimate of drug-likeness (QED) is 0.939. The molecule has 0 saturated carbocycles. The Kier molecular flexibility index (Phi) is 4.24. The lowest BCUT2D eigenvalue weighted by Crippen LogP contribution is -2.30. The third kappa shape index (κ3) is 3.03. The van der Waals surface area contributed by atoms with Gasteiger partial charge >= 0.3 is 0 Å². The Balaban J connectivity index is 2.07. The van der Waals surface area contributed by atoms with Gasteiger partial charge in [0.1, 0.15) is 5.76 Å². The lowest BCUT2D eigenvalue weighted by Gasteiger charge is -2.25. The zero-order valence-electron chi connectivity index (χ0n) is 12.5. The first-order valence-electron chi connectivity index (χ1n) is 7.42. The summed E-state index contributed by atoms with van der Waals surface area (Å²) in [5, 5.41) is 3.14. The van der Waals surface area contributed by atoms with Crippen molar-refractivity contribution in [2.75, 3.05) is 7.11 Å². The normalized spacial score (nSPS) is 21.5. The van der Waals surface area contributed by atoms with E-state index in [1.165, 1.54) is 0 Å². The summed E-state index contributed by atoms with van der Waals surface area (Å²) >= 11 is 0. The summed E-state index contributed by atoms with van der Waals surface area (Å²) in [4.78, 5) is 12.2. The number of amides is 1. The standard InChI is InChI=1S/C19H19NO2/c1-22-16-12-17(14-8-4-2-5-9-14)19(20-18(21)13-16)15-10-6-3-7-11-15/h2-12,17,19H,13H2,1H3,(H,20,21)/t17-,19+/m0/s1. The molecule has 112 valence electrons. The van der Waals surface area contributed by atoms with E-state index in [1.54, 1.807) is 7.11 Å². The van der Waals surface area contributed by atoms with Gasteiger partial charge in [-0.2, -0.15) is 0 Å². The van der Waals surface area contributed by atoms with Crippen LogP contribution in [0.1, 0.15) is 29.5 Å². The molecule has 2 atom stereocenters. The second-order valence-corrected chi connectivity index (χ2v) is 5.41. The van der Waals surface area contributed by atoms with Gasteiger partial charge in [0.25, 0.3) is 0 Å². The summed E-state index contributed by atoms with van der Waals surface area (Å²) in [6.07, 6.45) is 2.34. The molecule has 1 aliphatic heterocycles. The molecule has 1 heterocycles. The van der Waals surface area contributed by atoms with Crippen LogP contribution in [0, 0.1) is 0 Å². The number of ether oxygens (including phenoxy) is 1. The summed E-state index contributed by atoms with van der Waals surface area (Å²) in [5.41, 5.74) is 2.26. The molecule has 0 radical (unpaired) electrons. The molecule has 1 amide bonds. The number of hydrogen-bond donors (Lipinski definition) is 1. The molecule has 0 spiro atoms. The average molecular weight is 293 g/mol. The lowest BCUT2D eigenvalue weighted by molar-refractivity contribution is -0.121. The third-order valence-electron chi connectivity index (χ3n) is 3.98. The second kappa shape index (κ2) is 6.48. The van der Waals surface area contributed by atoms with Gasteiger partial charge in [0.05, 0.1) is 19.6 Å². The molecule has 0 aliphatic carbocycles. The predicted molar refractivity (Wildman–Crippen MR) is 86.2 cm³/mol. The van der Waals surface area contributed by atoms with E-state index in [-0.39, 0.29) is 24.3 Å². The summed E-state index contributed by atoms with van der Waals surface area (Å²) in [6.45, 7) is 0. The van der Waals surface area contributed by atoms with Gasteiger partial charge in [-0.1, -0.05) is 60.7 Å². The highest BCUT2D eigenvalue weighted by Gasteiger charge is 2.29. The molecule has 2 aromatic rings. The van der Waals surface area contributed by atoms with E-state index in [0.29, 0.717) is 5.76 Å². The number of carbonyl (C=O) groups is 1. The van der Waals surface area contributed by atoms with Crippen molar-refractivity contribution in [1.29, 1.82) is 0 Å². The summed E-state index contributed by atoms with van der Waals surface area (Å²) in [7, 11) is 1.62. The van der Waals surface area contributed by atoms with Crippen molar-refractivity contribution < 1.29 is 9.53 Å². The Morgan fingerprint density at radius 3 is 2.14 bits per heavy atom. The van der Waals surface area contributed by atoms with Crippen LogP contribution in [-0.4, -0.2) is 13.0 Å². The van der Waals surface area contributed by atoms with Crippen LogP contribution in [0.2, 0.25) is 0 Å². The van der Waals surface area contributed by atoms with Gasteiger partial charge in [-0.15, -0.1) is 0 Å². The van der Waals surface area contributed by atoms with E-state index >= 15 is 0 Å². The maximum atomic E-state index is 12.2. The van der Waals surface area contributed by atoms with Gasteiger partial charge in [-0.05, 0) is 17.2 Å².